The number of hydrogen-bond donors (Lipinski definition) is 2. The first-order chi connectivity index (χ1) is 11.2. The average molecular weight is 358 g/mol. The normalized spacial score (nSPS) is 30.8. The van der Waals surface area contributed by atoms with Crippen LogP contribution in [0.2, 0.25) is 0 Å². The highest BCUT2D eigenvalue weighted by Gasteiger charge is 2.28. The number of aliphatic imine (C=N–C) groups is 1. The van der Waals surface area contributed by atoms with E-state index in [1.54, 1.807) is 0 Å². The Bertz CT molecular complexity index is 528. The molecule has 24 heavy (non-hydrogen) atoms. The summed E-state index contributed by atoms with van der Waals surface area (Å²) in [4.78, 5) is 4.71. The molecule has 3 atom stereocenters. The average Bonchev–Trinajstić information content (AvgIpc) is 2.84. The van der Waals surface area contributed by atoms with Crippen molar-refractivity contribution in [1.82, 2.24) is 10.6 Å². The maximum Gasteiger partial charge on any atom is 0.191 e. The van der Waals surface area contributed by atoms with E-state index in [1.807, 2.05) is 0 Å². The zero-order valence-electron chi connectivity index (χ0n) is 15.7. The number of rotatable bonds is 5. The molecule has 1 aliphatic carbocycles. The van der Waals surface area contributed by atoms with Gasteiger partial charge in [0.1, 0.15) is 0 Å². The number of sulfone groups is 1. The highest BCUT2D eigenvalue weighted by atomic mass is 32.2. The molecular weight excluding hydrogens is 322 g/mol. The van der Waals surface area contributed by atoms with Crippen molar-refractivity contribution in [2.24, 2.45) is 22.7 Å². The molecule has 0 amide bonds. The van der Waals surface area contributed by atoms with Crippen LogP contribution in [-0.4, -0.2) is 44.5 Å². The fourth-order valence-corrected chi connectivity index (χ4v) is 5.65. The quantitative estimate of drug-likeness (QED) is 0.586. The van der Waals surface area contributed by atoms with Gasteiger partial charge in [0.25, 0.3) is 0 Å². The summed E-state index contributed by atoms with van der Waals surface area (Å²) in [5, 5.41) is 7.01. The van der Waals surface area contributed by atoms with Crippen molar-refractivity contribution in [2.45, 2.75) is 71.9 Å². The Morgan fingerprint density at radius 1 is 1.17 bits per heavy atom. The minimum atomic E-state index is -2.82. The van der Waals surface area contributed by atoms with Crippen LogP contribution in [0.1, 0.15) is 59.8 Å². The molecule has 1 aliphatic heterocycles. The highest BCUT2D eigenvalue weighted by Crippen LogP contribution is 2.29. The van der Waals surface area contributed by atoms with E-state index in [-0.39, 0.29) is 5.92 Å². The van der Waals surface area contributed by atoms with Crippen LogP contribution in [0.4, 0.5) is 0 Å². The molecule has 0 aromatic heterocycles. The van der Waals surface area contributed by atoms with Crippen LogP contribution in [0.15, 0.2) is 4.99 Å². The summed E-state index contributed by atoms with van der Waals surface area (Å²) in [6.45, 7) is 9.44. The Kier molecular flexibility index (Phi) is 6.96. The molecule has 1 saturated carbocycles. The first kappa shape index (κ1) is 19.5. The van der Waals surface area contributed by atoms with Gasteiger partial charge >= 0.3 is 0 Å². The van der Waals surface area contributed by atoms with Gasteiger partial charge in [0.2, 0.25) is 0 Å². The number of guanidine groups is 1. The lowest BCUT2D eigenvalue weighted by molar-refractivity contribution is 0.244. The summed E-state index contributed by atoms with van der Waals surface area (Å²) in [6, 6.07) is 0.788. The lowest BCUT2D eigenvalue weighted by Gasteiger charge is -2.33. The summed E-state index contributed by atoms with van der Waals surface area (Å²) in [5.41, 5.74) is 0. The molecule has 2 rings (SSSR count). The summed E-state index contributed by atoms with van der Waals surface area (Å²) in [5.74, 6) is 3.17. The SMILES string of the molecule is CC(C)NC(=NCC1CCS(=O)(=O)C1)NC1CCCC(C(C)C)C1. The van der Waals surface area contributed by atoms with E-state index in [4.69, 9.17) is 4.99 Å². The Balaban J connectivity index is 1.93. The van der Waals surface area contributed by atoms with E-state index in [1.165, 1.54) is 25.7 Å². The second-order valence-corrected chi connectivity index (χ2v) is 10.5. The Hall–Kier alpha value is -0.780. The third-order valence-corrected chi connectivity index (χ3v) is 7.10. The topological polar surface area (TPSA) is 70.6 Å². The maximum atomic E-state index is 11.6. The molecule has 140 valence electrons. The van der Waals surface area contributed by atoms with Crippen LogP contribution in [0, 0.1) is 17.8 Å². The molecule has 0 aromatic rings. The molecule has 0 radical (unpaired) electrons. The van der Waals surface area contributed by atoms with Crippen LogP contribution < -0.4 is 10.6 Å². The van der Waals surface area contributed by atoms with Gasteiger partial charge in [-0.05, 0) is 50.9 Å². The van der Waals surface area contributed by atoms with E-state index >= 15 is 0 Å². The van der Waals surface area contributed by atoms with E-state index in [0.29, 0.717) is 30.1 Å². The lowest BCUT2D eigenvalue weighted by atomic mass is 9.79. The largest absolute Gasteiger partial charge is 0.354 e. The smallest absolute Gasteiger partial charge is 0.191 e. The minimum absolute atomic E-state index is 0.176. The highest BCUT2D eigenvalue weighted by molar-refractivity contribution is 7.91. The van der Waals surface area contributed by atoms with Gasteiger partial charge in [-0.2, -0.15) is 0 Å². The molecule has 0 bridgehead atoms. The standard InChI is InChI=1S/C18H35N3O2S/c1-13(2)16-6-5-7-17(10-16)21-18(20-14(3)4)19-11-15-8-9-24(22,23)12-15/h13-17H,5-12H2,1-4H3,(H2,19,20,21). The lowest BCUT2D eigenvalue weighted by Crippen LogP contribution is -2.48. The predicted octanol–water partition coefficient (Wildman–Crippen LogP) is 2.58. The van der Waals surface area contributed by atoms with Crippen LogP contribution in [0.25, 0.3) is 0 Å². The molecule has 0 spiro atoms. The van der Waals surface area contributed by atoms with Crippen LogP contribution in [0.3, 0.4) is 0 Å². The summed E-state index contributed by atoms with van der Waals surface area (Å²) in [6.07, 6.45) is 5.75. The van der Waals surface area contributed by atoms with Crippen LogP contribution in [-0.2, 0) is 9.84 Å². The Morgan fingerprint density at radius 2 is 1.92 bits per heavy atom. The second-order valence-electron chi connectivity index (χ2n) is 8.27. The van der Waals surface area contributed by atoms with E-state index < -0.39 is 9.84 Å². The third kappa shape index (κ3) is 6.26. The van der Waals surface area contributed by atoms with E-state index in [2.05, 4.69) is 38.3 Å². The summed E-state index contributed by atoms with van der Waals surface area (Å²) < 4.78 is 23.2. The Morgan fingerprint density at radius 3 is 2.50 bits per heavy atom. The molecule has 2 N–H and O–H groups in total. The molecule has 5 nitrogen and oxygen atoms in total. The van der Waals surface area contributed by atoms with Gasteiger partial charge in [-0.25, -0.2) is 8.42 Å². The number of nitrogens with one attached hydrogen (secondary N) is 2. The van der Waals surface area contributed by atoms with Crippen molar-refractivity contribution < 1.29 is 8.42 Å². The molecule has 1 saturated heterocycles. The van der Waals surface area contributed by atoms with Crippen molar-refractivity contribution in [3.63, 3.8) is 0 Å². The molecular formula is C18H35N3O2S. The molecule has 2 aliphatic rings. The first-order valence-corrected chi connectivity index (χ1v) is 11.3. The van der Waals surface area contributed by atoms with Gasteiger partial charge in [-0.15, -0.1) is 0 Å². The fraction of sp³-hybridized carbons (Fsp3) is 0.944. The van der Waals surface area contributed by atoms with Crippen molar-refractivity contribution in [1.29, 1.82) is 0 Å². The Labute approximate surface area is 148 Å². The molecule has 2 fully saturated rings. The number of nitrogens with zero attached hydrogens (tertiary/aromatic N) is 1. The van der Waals surface area contributed by atoms with Crippen molar-refractivity contribution in [2.75, 3.05) is 18.1 Å². The molecule has 0 aromatic carbocycles. The fourth-order valence-electron chi connectivity index (χ4n) is 3.80. The zero-order valence-corrected chi connectivity index (χ0v) is 16.5. The monoisotopic (exact) mass is 357 g/mol. The summed E-state index contributed by atoms with van der Waals surface area (Å²) >= 11 is 0. The van der Waals surface area contributed by atoms with Gasteiger partial charge < -0.3 is 10.6 Å². The molecule has 6 heteroatoms. The van der Waals surface area contributed by atoms with Gasteiger partial charge in [-0.1, -0.05) is 26.7 Å². The van der Waals surface area contributed by atoms with E-state index in [0.717, 1.165) is 24.2 Å². The minimum Gasteiger partial charge on any atom is -0.354 e. The zero-order chi connectivity index (χ0) is 17.7. The van der Waals surface area contributed by atoms with Gasteiger partial charge in [0.05, 0.1) is 11.5 Å². The predicted molar refractivity (Wildman–Crippen MR) is 101 cm³/mol. The van der Waals surface area contributed by atoms with E-state index in [9.17, 15) is 8.42 Å². The van der Waals surface area contributed by atoms with Gasteiger partial charge in [0.15, 0.2) is 15.8 Å². The molecule has 3 unspecified atom stereocenters. The summed E-state index contributed by atoms with van der Waals surface area (Å²) in [7, 11) is -2.82. The first-order valence-electron chi connectivity index (χ1n) is 9.53. The van der Waals surface area contributed by atoms with Crippen molar-refractivity contribution >= 4 is 15.8 Å². The maximum absolute atomic E-state index is 11.6. The van der Waals surface area contributed by atoms with Crippen LogP contribution >= 0.6 is 0 Å². The van der Waals surface area contributed by atoms with Crippen molar-refractivity contribution in [3.05, 3.63) is 0 Å². The molecule has 1 heterocycles. The van der Waals surface area contributed by atoms with Crippen LogP contribution in [0.5, 0.6) is 0 Å². The number of hydrogen-bond acceptors (Lipinski definition) is 3. The second kappa shape index (κ2) is 8.54. The van der Waals surface area contributed by atoms with Gasteiger partial charge in [-0.3, -0.25) is 4.99 Å². The van der Waals surface area contributed by atoms with Gasteiger partial charge in [0, 0.05) is 18.6 Å². The van der Waals surface area contributed by atoms with Crippen molar-refractivity contribution in [3.8, 4) is 0 Å². The third-order valence-electron chi connectivity index (χ3n) is 5.26.